The van der Waals surface area contributed by atoms with E-state index < -0.39 is 117 Å². The minimum absolute atomic E-state index is 0.00606. The highest BCUT2D eigenvalue weighted by molar-refractivity contribution is 7.73. The predicted molar refractivity (Wildman–Crippen MR) is 199 cm³/mol. The van der Waals surface area contributed by atoms with Gasteiger partial charge in [0.2, 0.25) is 0 Å². The SMILES string of the molecule is Nc1ncnc2c1ncn2C1OC(COP(=O)(O)OP(=O)(O)OP(=O)(O)OP(=O)(O)OP(=O)(O)OP(=O)(O)OP(=O)(O)OCC2OC(n3cnc4c(N)ncnc43)C(O)C2O)C(O)C1O. The Bertz CT molecular complexity index is 2600. The molecule has 6 rings (SSSR count). The molecule has 45 heteroatoms. The van der Waals surface area contributed by atoms with Gasteiger partial charge in [-0.2, -0.15) is 25.9 Å². The van der Waals surface area contributed by atoms with Gasteiger partial charge in [0.25, 0.3) is 0 Å². The number of phosphoric acid groups is 7. The summed E-state index contributed by atoms with van der Waals surface area (Å²) < 4.78 is 130. The molecule has 14 unspecified atom stereocenters. The number of fused-ring (bicyclic) bond motifs is 2. The van der Waals surface area contributed by atoms with E-state index in [1.54, 1.807) is 0 Å². The molecule has 2 aliphatic heterocycles. The van der Waals surface area contributed by atoms with Crippen LogP contribution in [0.2, 0.25) is 0 Å². The van der Waals surface area contributed by atoms with Gasteiger partial charge in [0, 0.05) is 0 Å². The van der Waals surface area contributed by atoms with Crippen LogP contribution in [-0.2, 0) is 76.3 Å². The van der Waals surface area contributed by atoms with Gasteiger partial charge in [-0.25, -0.2) is 61.9 Å². The number of aliphatic hydroxyl groups is 4. The van der Waals surface area contributed by atoms with Gasteiger partial charge in [0.1, 0.15) is 60.3 Å². The maximum atomic E-state index is 12.4. The summed E-state index contributed by atoms with van der Waals surface area (Å²) in [7, 11) is -45.1. The first-order valence-corrected chi connectivity index (χ1v) is 27.0. The molecule has 0 bridgehead atoms. The molecule has 38 nitrogen and oxygen atoms in total. The zero-order chi connectivity index (χ0) is 48.3. The number of ether oxygens (including phenoxy) is 2. The Morgan fingerprint density at radius 3 is 1.08 bits per heavy atom. The van der Waals surface area contributed by atoms with E-state index in [-0.39, 0.29) is 34.0 Å². The van der Waals surface area contributed by atoms with Gasteiger partial charge in [-0.15, -0.1) is 0 Å². The zero-order valence-electron chi connectivity index (χ0n) is 31.1. The van der Waals surface area contributed by atoms with Crippen LogP contribution in [0, 0.1) is 0 Å². The number of nitrogens with zero attached hydrogens (tertiary/aromatic N) is 8. The summed E-state index contributed by atoms with van der Waals surface area (Å²) in [6.45, 7) is -2.50. The van der Waals surface area contributed by atoms with Crippen molar-refractivity contribution in [1.82, 2.24) is 39.0 Å². The average molecular weight is 1080 g/mol. The lowest BCUT2D eigenvalue weighted by Crippen LogP contribution is -2.33. The second kappa shape index (κ2) is 18.8. The van der Waals surface area contributed by atoms with E-state index in [0.29, 0.717) is 0 Å². The topological polar surface area (TPSA) is 574 Å². The van der Waals surface area contributed by atoms with E-state index in [0.717, 1.165) is 34.4 Å². The second-order valence-corrected chi connectivity index (χ2v) is 23.6. The van der Waals surface area contributed by atoms with Crippen LogP contribution in [0.5, 0.6) is 0 Å². The minimum Gasteiger partial charge on any atom is -0.387 e. The minimum atomic E-state index is -6.74. The molecule has 0 saturated carbocycles. The molecule has 2 saturated heterocycles. The summed E-state index contributed by atoms with van der Waals surface area (Å²) in [5.41, 5.74) is 11.5. The third kappa shape index (κ3) is 12.6. The number of imidazole rings is 2. The Balaban J connectivity index is 0.983. The lowest BCUT2D eigenvalue weighted by atomic mass is 10.1. The highest BCUT2D eigenvalue weighted by Gasteiger charge is 2.52. The number of nitrogens with two attached hydrogens (primary N) is 2. The lowest BCUT2D eigenvalue weighted by molar-refractivity contribution is -0.0503. The van der Waals surface area contributed by atoms with Crippen molar-refractivity contribution in [2.45, 2.75) is 49.1 Å². The quantitative estimate of drug-likeness (QED) is 0.0422. The van der Waals surface area contributed by atoms with Gasteiger partial charge in [-0.3, -0.25) is 18.2 Å². The molecule has 0 aliphatic carbocycles. The number of anilines is 2. The summed E-state index contributed by atoms with van der Waals surface area (Å²) in [6.07, 6.45) is -9.70. The summed E-state index contributed by atoms with van der Waals surface area (Å²) in [4.78, 5) is 91.8. The molecular formula is C20H31N10O28P7. The molecule has 4 aromatic rings. The molecule has 14 atom stereocenters. The molecule has 4 aromatic heterocycles. The first-order chi connectivity index (χ1) is 29.8. The van der Waals surface area contributed by atoms with E-state index >= 15 is 0 Å². The van der Waals surface area contributed by atoms with Crippen LogP contribution in [0.15, 0.2) is 25.3 Å². The number of aromatic nitrogens is 8. The van der Waals surface area contributed by atoms with Crippen molar-refractivity contribution in [3.05, 3.63) is 25.3 Å². The number of rotatable bonds is 20. The molecule has 65 heavy (non-hydrogen) atoms. The van der Waals surface area contributed by atoms with Crippen molar-refractivity contribution >= 4 is 88.7 Å². The van der Waals surface area contributed by atoms with Crippen molar-refractivity contribution in [1.29, 1.82) is 0 Å². The van der Waals surface area contributed by atoms with E-state index in [4.69, 9.17) is 20.9 Å². The Morgan fingerprint density at radius 2 is 0.769 bits per heavy atom. The molecule has 2 aliphatic rings. The van der Waals surface area contributed by atoms with Gasteiger partial charge < -0.3 is 75.6 Å². The Labute approximate surface area is 357 Å². The van der Waals surface area contributed by atoms with Crippen molar-refractivity contribution in [3.8, 4) is 0 Å². The van der Waals surface area contributed by atoms with E-state index in [9.17, 15) is 86.6 Å². The third-order valence-corrected chi connectivity index (χ3v) is 18.9. The first-order valence-electron chi connectivity index (χ1n) is 16.6. The van der Waals surface area contributed by atoms with Gasteiger partial charge in [-0.1, -0.05) is 0 Å². The highest BCUT2D eigenvalue weighted by atomic mass is 31.3. The fourth-order valence-electron chi connectivity index (χ4n) is 5.55. The van der Waals surface area contributed by atoms with Gasteiger partial charge >= 0.3 is 54.8 Å². The summed E-state index contributed by atoms with van der Waals surface area (Å²) in [5.74, 6) is -0.151. The molecule has 0 aromatic carbocycles. The van der Waals surface area contributed by atoms with Crippen LogP contribution < -0.4 is 11.5 Å². The van der Waals surface area contributed by atoms with Gasteiger partial charge in [0.15, 0.2) is 35.4 Å². The first kappa shape index (κ1) is 51.9. The highest BCUT2D eigenvalue weighted by Crippen LogP contribution is 2.76. The Morgan fingerprint density at radius 1 is 0.477 bits per heavy atom. The smallest absolute Gasteiger partial charge is 0.387 e. The van der Waals surface area contributed by atoms with E-state index in [2.05, 4.69) is 64.8 Å². The van der Waals surface area contributed by atoms with E-state index in [1.165, 1.54) is 0 Å². The zero-order valence-corrected chi connectivity index (χ0v) is 37.3. The second-order valence-electron chi connectivity index (χ2n) is 12.6. The molecular weight excluding hydrogens is 1050 g/mol. The van der Waals surface area contributed by atoms with Gasteiger partial charge in [-0.05, 0) is 0 Å². The van der Waals surface area contributed by atoms with Crippen LogP contribution >= 0.6 is 54.8 Å². The van der Waals surface area contributed by atoms with Crippen molar-refractivity contribution < 1.29 is 131 Å². The van der Waals surface area contributed by atoms with Crippen LogP contribution in [-0.4, -0.2) is 144 Å². The van der Waals surface area contributed by atoms with Crippen molar-refractivity contribution in [2.24, 2.45) is 0 Å². The standard InChI is InChI=1S/C20H31N10O28P7/c21-15-9-17(25-3-23-15)29(5-27-9)19-13(33)11(31)7(51-19)1-49-59(35,36)53-61(39,40)55-63(43,44)57-65(47,48)58-64(45,46)56-62(41,42)54-60(37,38)50-2-8-12(32)14(34)20(52-8)30-6-28-10-16(22)24-4-26-18(10)30/h3-8,11-14,19-20,31-34H,1-2H2,(H,35,36)(H,37,38)(H,39,40)(H,41,42)(H,43,44)(H,45,46)(H,47,48)(H2,21,23,25)(H2,22,24,26). The van der Waals surface area contributed by atoms with Crippen LogP contribution in [0.4, 0.5) is 11.6 Å². The fraction of sp³-hybridized carbons (Fsp3) is 0.500. The number of phosphoric ester groups is 2. The molecule has 0 spiro atoms. The number of hydrogen-bond donors (Lipinski definition) is 13. The largest absolute Gasteiger partial charge is 0.490 e. The average Bonchev–Trinajstić information content (AvgIpc) is 3.89. The molecule has 6 heterocycles. The normalized spacial score (nSPS) is 30.4. The Kier molecular flexibility index (Phi) is 15.0. The molecule has 15 N–H and O–H groups in total. The van der Waals surface area contributed by atoms with Crippen LogP contribution in [0.25, 0.3) is 22.3 Å². The van der Waals surface area contributed by atoms with Gasteiger partial charge in [0.05, 0.1) is 25.9 Å². The molecule has 0 radical (unpaired) electrons. The molecule has 2 fully saturated rings. The van der Waals surface area contributed by atoms with Crippen LogP contribution in [0.1, 0.15) is 12.5 Å². The lowest BCUT2D eigenvalue weighted by Gasteiger charge is -2.22. The maximum Gasteiger partial charge on any atom is 0.490 e. The summed E-state index contributed by atoms with van der Waals surface area (Å²) in [6, 6.07) is 0. The molecule has 364 valence electrons. The van der Waals surface area contributed by atoms with Crippen LogP contribution in [0.3, 0.4) is 0 Å². The number of nitrogen functional groups attached to an aromatic ring is 2. The number of aliphatic hydroxyl groups excluding tert-OH is 4. The monoisotopic (exact) mass is 1080 g/mol. The van der Waals surface area contributed by atoms with Crippen molar-refractivity contribution in [2.75, 3.05) is 24.7 Å². The summed E-state index contributed by atoms with van der Waals surface area (Å²) >= 11 is 0. The van der Waals surface area contributed by atoms with Crippen molar-refractivity contribution in [3.63, 3.8) is 0 Å². The predicted octanol–water partition coefficient (Wildman–Crippen LogP) is -2.10. The molecule has 0 amide bonds. The third-order valence-electron chi connectivity index (χ3n) is 8.04. The number of hydrogen-bond acceptors (Lipinski definition) is 29. The fourth-order valence-corrected chi connectivity index (χ4v) is 14.8. The maximum absolute atomic E-state index is 12.4. The summed E-state index contributed by atoms with van der Waals surface area (Å²) in [5, 5.41) is 41.8. The Hall–Kier alpha value is -2.53. The van der Waals surface area contributed by atoms with E-state index in [1.807, 2.05) is 0 Å².